The molecule has 0 bridgehead atoms. The number of halogens is 3. The maximum atomic E-state index is 12.1. The Morgan fingerprint density at radius 1 is 1.54 bits per heavy atom. The van der Waals surface area contributed by atoms with Gasteiger partial charge in [-0.15, -0.1) is 0 Å². The van der Waals surface area contributed by atoms with Crippen molar-refractivity contribution < 1.29 is 27.8 Å². The molecule has 2 atom stereocenters. The third-order valence-corrected chi connectivity index (χ3v) is 1.66. The van der Waals surface area contributed by atoms with Crippen LogP contribution in [0.3, 0.4) is 0 Å². The highest BCUT2D eigenvalue weighted by molar-refractivity contribution is 5.73. The molecule has 1 fully saturated rings. The van der Waals surface area contributed by atoms with Crippen LogP contribution in [0.25, 0.3) is 0 Å². The van der Waals surface area contributed by atoms with Crippen LogP contribution in [-0.4, -0.2) is 42.5 Å². The molecule has 0 aromatic rings. The molecular weight excluding hydrogens is 191 g/mol. The third kappa shape index (κ3) is 2.31. The van der Waals surface area contributed by atoms with Crippen LogP contribution in [0.2, 0.25) is 0 Å². The van der Waals surface area contributed by atoms with Crippen LogP contribution < -0.4 is 5.32 Å². The predicted molar refractivity (Wildman–Crippen MR) is 35.2 cm³/mol. The van der Waals surface area contributed by atoms with E-state index in [2.05, 4.69) is 10.1 Å². The Balaban J connectivity index is 2.73. The average molecular weight is 199 g/mol. The molecule has 13 heavy (non-hydrogen) atoms. The topological polar surface area (TPSA) is 58.6 Å². The minimum absolute atomic E-state index is 0.00789. The van der Waals surface area contributed by atoms with Gasteiger partial charge >= 0.3 is 12.1 Å². The molecule has 0 spiro atoms. The highest BCUT2D eigenvalue weighted by atomic mass is 19.4. The van der Waals surface area contributed by atoms with Crippen molar-refractivity contribution in [2.75, 3.05) is 13.2 Å². The molecule has 1 saturated heterocycles. The molecule has 0 aliphatic carbocycles. The summed E-state index contributed by atoms with van der Waals surface area (Å²) in [4.78, 5) is 10.3. The van der Waals surface area contributed by atoms with E-state index in [1.807, 2.05) is 0 Å². The smallest absolute Gasteiger partial charge is 0.406 e. The van der Waals surface area contributed by atoms with Crippen molar-refractivity contribution in [3.8, 4) is 0 Å². The van der Waals surface area contributed by atoms with Crippen molar-refractivity contribution in [3.63, 3.8) is 0 Å². The van der Waals surface area contributed by atoms with Crippen molar-refractivity contribution >= 4 is 5.97 Å². The summed E-state index contributed by atoms with van der Waals surface area (Å²) in [5.74, 6) is -1.60. The van der Waals surface area contributed by atoms with Crippen molar-refractivity contribution in [1.29, 1.82) is 0 Å². The minimum Gasteiger partial charge on any atom is -0.479 e. The van der Waals surface area contributed by atoms with E-state index in [9.17, 15) is 18.0 Å². The van der Waals surface area contributed by atoms with Crippen LogP contribution in [0.4, 0.5) is 13.2 Å². The van der Waals surface area contributed by atoms with Gasteiger partial charge in [-0.1, -0.05) is 0 Å². The number of carboxylic acids is 1. The van der Waals surface area contributed by atoms with Gasteiger partial charge in [0, 0.05) is 6.54 Å². The van der Waals surface area contributed by atoms with Crippen LogP contribution in [0.5, 0.6) is 0 Å². The molecule has 4 nitrogen and oxygen atoms in total. The number of ether oxygens (including phenoxy) is 1. The van der Waals surface area contributed by atoms with Gasteiger partial charge in [-0.05, 0) is 0 Å². The summed E-state index contributed by atoms with van der Waals surface area (Å²) in [5.41, 5.74) is 0. The zero-order valence-electron chi connectivity index (χ0n) is 6.47. The van der Waals surface area contributed by atoms with Gasteiger partial charge in [-0.2, -0.15) is 13.2 Å². The van der Waals surface area contributed by atoms with Gasteiger partial charge in [-0.25, -0.2) is 4.79 Å². The first-order valence-corrected chi connectivity index (χ1v) is 3.57. The molecule has 1 aliphatic heterocycles. The van der Waals surface area contributed by atoms with Gasteiger partial charge in [0.05, 0.1) is 6.61 Å². The first-order valence-electron chi connectivity index (χ1n) is 3.57. The van der Waals surface area contributed by atoms with Crippen molar-refractivity contribution in [3.05, 3.63) is 0 Å². The molecule has 1 aliphatic rings. The van der Waals surface area contributed by atoms with Gasteiger partial charge in [0.15, 0.2) is 6.10 Å². The first kappa shape index (κ1) is 10.3. The Bertz CT molecular complexity index is 206. The first-order chi connectivity index (χ1) is 5.93. The number of alkyl halides is 3. The standard InChI is InChI=1S/C6H8F3NO3/c7-6(8,9)4-3(5(11)12)13-2-1-10-4/h3-4,10H,1-2H2,(H,11,12). The molecule has 7 heteroatoms. The van der Waals surface area contributed by atoms with Crippen LogP contribution in [0, 0.1) is 0 Å². The molecule has 1 heterocycles. The Morgan fingerprint density at radius 3 is 2.54 bits per heavy atom. The lowest BCUT2D eigenvalue weighted by Crippen LogP contribution is -2.58. The number of hydrogen-bond donors (Lipinski definition) is 2. The van der Waals surface area contributed by atoms with Crippen molar-refractivity contribution in [2.24, 2.45) is 0 Å². The molecule has 0 radical (unpaired) electrons. The monoisotopic (exact) mass is 199 g/mol. The lowest BCUT2D eigenvalue weighted by atomic mass is 10.1. The molecule has 0 amide bonds. The number of hydrogen-bond acceptors (Lipinski definition) is 3. The highest BCUT2D eigenvalue weighted by Crippen LogP contribution is 2.25. The molecular formula is C6H8F3NO3. The molecule has 0 aromatic heterocycles. The second kappa shape index (κ2) is 3.51. The lowest BCUT2D eigenvalue weighted by Gasteiger charge is -2.31. The van der Waals surface area contributed by atoms with E-state index in [0.29, 0.717) is 0 Å². The lowest BCUT2D eigenvalue weighted by molar-refractivity contribution is -0.205. The number of carboxylic acid groups (broad SMARTS) is 1. The Hall–Kier alpha value is -0.820. The Morgan fingerprint density at radius 2 is 2.15 bits per heavy atom. The summed E-state index contributed by atoms with van der Waals surface area (Å²) < 4.78 is 40.9. The second-order valence-electron chi connectivity index (χ2n) is 2.60. The van der Waals surface area contributed by atoms with Gasteiger partial charge < -0.3 is 15.2 Å². The highest BCUT2D eigenvalue weighted by Gasteiger charge is 2.49. The number of nitrogens with one attached hydrogen (secondary N) is 1. The number of morpholine rings is 1. The van der Waals surface area contributed by atoms with E-state index in [1.165, 1.54) is 0 Å². The molecule has 1 rings (SSSR count). The fraction of sp³-hybridized carbons (Fsp3) is 0.833. The van der Waals surface area contributed by atoms with E-state index in [-0.39, 0.29) is 13.2 Å². The van der Waals surface area contributed by atoms with Crippen LogP contribution in [-0.2, 0) is 9.53 Å². The normalized spacial score (nSPS) is 30.1. The van der Waals surface area contributed by atoms with Crippen molar-refractivity contribution in [1.82, 2.24) is 5.32 Å². The number of carbonyl (C=O) groups is 1. The Kier molecular flexibility index (Phi) is 2.77. The summed E-state index contributed by atoms with van der Waals surface area (Å²) in [6.45, 7) is -0.0164. The molecule has 2 unspecified atom stereocenters. The SMILES string of the molecule is O=C(O)C1OCCNC1C(F)(F)F. The van der Waals surface area contributed by atoms with Crippen LogP contribution >= 0.6 is 0 Å². The van der Waals surface area contributed by atoms with Crippen molar-refractivity contribution in [2.45, 2.75) is 18.3 Å². The summed E-state index contributed by atoms with van der Waals surface area (Å²) in [5, 5.41) is 10.5. The summed E-state index contributed by atoms with van der Waals surface area (Å²) in [7, 11) is 0. The molecule has 2 N–H and O–H groups in total. The average Bonchev–Trinajstić information content (AvgIpc) is 2.03. The van der Waals surface area contributed by atoms with E-state index < -0.39 is 24.3 Å². The number of rotatable bonds is 1. The maximum Gasteiger partial charge on any atom is 0.406 e. The molecule has 0 aromatic carbocycles. The summed E-state index contributed by atoms with van der Waals surface area (Å²) in [6.07, 6.45) is -6.43. The van der Waals surface area contributed by atoms with Crippen LogP contribution in [0.1, 0.15) is 0 Å². The summed E-state index contributed by atoms with van der Waals surface area (Å²) >= 11 is 0. The van der Waals surface area contributed by atoms with E-state index in [1.54, 1.807) is 0 Å². The summed E-state index contributed by atoms with van der Waals surface area (Å²) in [6, 6.07) is -2.11. The second-order valence-corrected chi connectivity index (χ2v) is 2.60. The zero-order chi connectivity index (χ0) is 10.1. The zero-order valence-corrected chi connectivity index (χ0v) is 6.47. The van der Waals surface area contributed by atoms with Gasteiger partial charge in [-0.3, -0.25) is 0 Å². The predicted octanol–water partition coefficient (Wildman–Crippen LogP) is -0.00970. The van der Waals surface area contributed by atoms with E-state index in [4.69, 9.17) is 5.11 Å². The van der Waals surface area contributed by atoms with Gasteiger partial charge in [0.1, 0.15) is 6.04 Å². The maximum absolute atomic E-state index is 12.1. The fourth-order valence-electron chi connectivity index (χ4n) is 1.10. The third-order valence-electron chi connectivity index (χ3n) is 1.66. The van der Waals surface area contributed by atoms with Gasteiger partial charge in [0.2, 0.25) is 0 Å². The molecule has 0 saturated carbocycles. The van der Waals surface area contributed by atoms with Gasteiger partial charge in [0.25, 0.3) is 0 Å². The largest absolute Gasteiger partial charge is 0.479 e. The number of aliphatic carboxylic acids is 1. The minimum atomic E-state index is -4.59. The Labute approximate surface area is 71.7 Å². The van der Waals surface area contributed by atoms with Crippen LogP contribution in [0.15, 0.2) is 0 Å². The van der Waals surface area contributed by atoms with E-state index >= 15 is 0 Å². The molecule has 76 valence electrons. The van der Waals surface area contributed by atoms with E-state index in [0.717, 1.165) is 0 Å². The fourth-order valence-corrected chi connectivity index (χ4v) is 1.10. The quantitative estimate of drug-likeness (QED) is 0.623.